The Balaban J connectivity index is 0. The first kappa shape index (κ1) is 270. The van der Waals surface area contributed by atoms with Gasteiger partial charge in [-0.1, -0.05) is 0 Å². The predicted molar refractivity (Wildman–Crippen MR) is 15.6 cm³/mol. The third-order valence-corrected chi connectivity index (χ3v) is 0. The van der Waals surface area contributed by atoms with Crippen LogP contribution in [0.2, 0.25) is 0 Å². The number of hydrogen-bond acceptors (Lipinski definition) is 0. The molecule has 0 aliphatic carbocycles. The van der Waals surface area contributed by atoms with E-state index >= 15 is 0 Å². The van der Waals surface area contributed by atoms with Gasteiger partial charge < -0.3 is 23.3 Å². The van der Waals surface area contributed by atoms with Crippen LogP contribution in [0.4, 0.5) is 0 Å². The molecular weight excluding hydrogens is 126 g/mol. The summed E-state index contributed by atoms with van der Waals surface area (Å²) >= 11 is 0. The smallest absolute Gasteiger partial charge is 1.00 e. The van der Waals surface area contributed by atoms with Gasteiger partial charge in [-0.25, -0.2) is 0 Å². The quantitative estimate of drug-likeness (QED) is 0.293. The van der Waals surface area contributed by atoms with Crippen LogP contribution in [0.5, 0.6) is 0 Å². The molecular formula is H9LiMnO4. The fourth-order valence-corrected chi connectivity index (χ4v) is 0. The minimum absolute atomic E-state index is 0. The van der Waals surface area contributed by atoms with Crippen molar-refractivity contribution in [3.05, 3.63) is 0 Å². The summed E-state index contributed by atoms with van der Waals surface area (Å²) in [7, 11) is 0. The normalized spacial score (nSPS) is 0. The van der Waals surface area contributed by atoms with E-state index in [0.717, 1.165) is 0 Å². The second kappa shape index (κ2) is 160. The van der Waals surface area contributed by atoms with Crippen LogP contribution in [-0.2, 0) is 17.1 Å². The molecule has 0 spiro atoms. The molecule has 0 amide bonds. The van der Waals surface area contributed by atoms with Gasteiger partial charge in [-0.15, -0.1) is 0 Å². The van der Waals surface area contributed by atoms with E-state index in [0.29, 0.717) is 0 Å². The largest absolute Gasteiger partial charge is 1.00 e. The fraction of sp³-hybridized carbons (Fsp3) is 0. The summed E-state index contributed by atoms with van der Waals surface area (Å²) in [4.78, 5) is 0. The van der Waals surface area contributed by atoms with E-state index in [4.69, 9.17) is 0 Å². The molecule has 0 aliphatic rings. The van der Waals surface area contributed by atoms with Crippen LogP contribution in [-0.4, -0.2) is 21.9 Å². The second-order valence-corrected chi connectivity index (χ2v) is 0. The minimum atomic E-state index is 0. The molecule has 0 saturated heterocycles. The van der Waals surface area contributed by atoms with Crippen LogP contribution >= 0.6 is 0 Å². The Labute approximate surface area is 59.7 Å². The SMILES string of the molecule is O.O.O.O.[H-].[Li+].[Mn]. The van der Waals surface area contributed by atoms with Crippen LogP contribution in [0, 0.1) is 0 Å². The first-order valence-corrected chi connectivity index (χ1v) is 0. The van der Waals surface area contributed by atoms with E-state index in [-0.39, 0.29) is 59.3 Å². The number of rotatable bonds is 0. The molecule has 41 valence electrons. The summed E-state index contributed by atoms with van der Waals surface area (Å²) < 4.78 is 0. The molecule has 6 heavy (non-hydrogen) atoms. The first-order valence-electron chi connectivity index (χ1n) is 0. The molecule has 4 nitrogen and oxygen atoms in total. The monoisotopic (exact) mass is 135 g/mol. The number of hydrogen-bond donors (Lipinski definition) is 0. The zero-order chi connectivity index (χ0) is 0. The molecule has 6 heteroatoms. The molecule has 0 saturated carbocycles. The van der Waals surface area contributed by atoms with Crippen molar-refractivity contribution in [1.29, 1.82) is 0 Å². The van der Waals surface area contributed by atoms with Crippen molar-refractivity contribution in [3.8, 4) is 0 Å². The van der Waals surface area contributed by atoms with E-state index in [9.17, 15) is 0 Å². The van der Waals surface area contributed by atoms with Gasteiger partial charge in [-0.3, -0.25) is 0 Å². The van der Waals surface area contributed by atoms with E-state index in [1.165, 1.54) is 0 Å². The molecule has 0 aromatic carbocycles. The van der Waals surface area contributed by atoms with Gasteiger partial charge in [0.1, 0.15) is 0 Å². The molecule has 0 unspecified atom stereocenters. The Morgan fingerprint density at radius 1 is 0.667 bits per heavy atom. The summed E-state index contributed by atoms with van der Waals surface area (Å²) in [5.74, 6) is 0. The Bertz CT molecular complexity index is 11.7. The summed E-state index contributed by atoms with van der Waals surface area (Å²) in [6.45, 7) is 0. The Hall–Kier alpha value is 0.957. The van der Waals surface area contributed by atoms with Gasteiger partial charge in [0.05, 0.1) is 0 Å². The van der Waals surface area contributed by atoms with Crippen LogP contribution in [0.15, 0.2) is 0 Å². The second-order valence-electron chi connectivity index (χ2n) is 0. The third kappa shape index (κ3) is 84.8. The first-order chi connectivity index (χ1) is 0. The fourth-order valence-electron chi connectivity index (χ4n) is 0. The molecule has 0 rings (SSSR count). The van der Waals surface area contributed by atoms with Crippen molar-refractivity contribution in [1.82, 2.24) is 0 Å². The molecule has 0 atom stereocenters. The Kier molecular flexibility index (Phi) is 7180. The summed E-state index contributed by atoms with van der Waals surface area (Å²) in [6.07, 6.45) is 0. The van der Waals surface area contributed by atoms with Crippen molar-refractivity contribution in [3.63, 3.8) is 0 Å². The average Bonchev–Trinajstić information content (AvgIpc) is 0. The van der Waals surface area contributed by atoms with Crippen LogP contribution < -0.4 is 18.9 Å². The maximum atomic E-state index is 0. The van der Waals surface area contributed by atoms with Crippen molar-refractivity contribution >= 4 is 0 Å². The van der Waals surface area contributed by atoms with Gasteiger partial charge in [0.15, 0.2) is 0 Å². The summed E-state index contributed by atoms with van der Waals surface area (Å²) in [5.41, 5.74) is 0. The van der Waals surface area contributed by atoms with Crippen molar-refractivity contribution < 1.29 is 59.3 Å². The van der Waals surface area contributed by atoms with Gasteiger partial charge in [0.2, 0.25) is 0 Å². The topological polar surface area (TPSA) is 126 Å². The predicted octanol–water partition coefficient (Wildman–Crippen LogP) is -6.18. The summed E-state index contributed by atoms with van der Waals surface area (Å²) in [6, 6.07) is 0. The maximum absolute atomic E-state index is 0. The minimum Gasteiger partial charge on any atom is -1.00 e. The van der Waals surface area contributed by atoms with E-state index in [2.05, 4.69) is 0 Å². The van der Waals surface area contributed by atoms with E-state index < -0.39 is 0 Å². The van der Waals surface area contributed by atoms with Gasteiger partial charge in [0.25, 0.3) is 0 Å². The zero-order valence-electron chi connectivity index (χ0n) is 4.38. The molecule has 0 bridgehead atoms. The van der Waals surface area contributed by atoms with Gasteiger partial charge in [-0.05, 0) is 0 Å². The Morgan fingerprint density at radius 2 is 0.667 bits per heavy atom. The Morgan fingerprint density at radius 3 is 0.667 bits per heavy atom. The van der Waals surface area contributed by atoms with Crippen molar-refractivity contribution in [2.75, 3.05) is 0 Å². The third-order valence-electron chi connectivity index (χ3n) is 0. The maximum Gasteiger partial charge on any atom is 1.00 e. The molecule has 1 radical (unpaired) electrons. The van der Waals surface area contributed by atoms with Crippen molar-refractivity contribution in [2.45, 2.75) is 0 Å². The van der Waals surface area contributed by atoms with Gasteiger partial charge in [-0.2, -0.15) is 0 Å². The molecule has 8 N–H and O–H groups in total. The average molecular weight is 135 g/mol. The van der Waals surface area contributed by atoms with Gasteiger partial charge in [0, 0.05) is 17.1 Å². The van der Waals surface area contributed by atoms with E-state index in [1.54, 1.807) is 0 Å². The van der Waals surface area contributed by atoms with Crippen LogP contribution in [0.3, 0.4) is 0 Å². The molecule has 0 aromatic heterocycles. The van der Waals surface area contributed by atoms with Crippen molar-refractivity contribution in [2.24, 2.45) is 0 Å². The van der Waals surface area contributed by atoms with Gasteiger partial charge >= 0.3 is 18.9 Å². The van der Waals surface area contributed by atoms with E-state index in [1.807, 2.05) is 0 Å². The molecule has 0 fully saturated rings. The van der Waals surface area contributed by atoms with Crippen LogP contribution in [0.25, 0.3) is 0 Å². The standard InChI is InChI=1S/Li.Mn.4H2O.H/h;;4*1H2;/q+1;;;;;;-1. The molecule has 0 aromatic rings. The molecule has 0 aliphatic heterocycles. The molecule has 0 heterocycles. The zero-order valence-corrected chi connectivity index (χ0v) is 4.56. The van der Waals surface area contributed by atoms with Crippen LogP contribution in [0.1, 0.15) is 1.43 Å². The summed E-state index contributed by atoms with van der Waals surface area (Å²) in [5, 5.41) is 0.